The van der Waals surface area contributed by atoms with Crippen molar-refractivity contribution in [3.05, 3.63) is 0 Å². The van der Waals surface area contributed by atoms with Crippen molar-refractivity contribution >= 4 is 11.9 Å². The smallest absolute Gasteiger partial charge is 0.303 e. The van der Waals surface area contributed by atoms with E-state index >= 15 is 0 Å². The van der Waals surface area contributed by atoms with Gasteiger partial charge in [0.15, 0.2) is 0 Å². The largest absolute Gasteiger partial charge is 0.481 e. The fraction of sp³-hybridized carbons (Fsp3) is 0.857. The number of carboxylic acid groups (broad SMARTS) is 1. The summed E-state index contributed by atoms with van der Waals surface area (Å²) in [5.74, 6) is -0.353. The molecule has 5 heteroatoms. The van der Waals surface area contributed by atoms with Gasteiger partial charge >= 0.3 is 5.97 Å². The van der Waals surface area contributed by atoms with Crippen LogP contribution in [-0.2, 0) is 9.59 Å². The van der Waals surface area contributed by atoms with Gasteiger partial charge in [-0.3, -0.25) is 9.59 Å². The third kappa shape index (κ3) is 11.7. The molecule has 0 spiro atoms. The number of rotatable bonds is 11. The van der Waals surface area contributed by atoms with Crippen LogP contribution in [0.15, 0.2) is 0 Å². The third-order valence-electron chi connectivity index (χ3n) is 3.08. The highest BCUT2D eigenvalue weighted by molar-refractivity contribution is 5.78. The van der Waals surface area contributed by atoms with E-state index in [0.717, 1.165) is 25.8 Å². The molecule has 2 atom stereocenters. The lowest BCUT2D eigenvalue weighted by Crippen LogP contribution is -2.39. The Kier molecular flexibility index (Phi) is 10.2. The Morgan fingerprint density at radius 1 is 1.16 bits per heavy atom. The van der Waals surface area contributed by atoms with Crippen molar-refractivity contribution in [2.75, 3.05) is 13.1 Å². The molecule has 0 saturated carbocycles. The van der Waals surface area contributed by atoms with E-state index in [4.69, 9.17) is 5.11 Å². The molecule has 0 heterocycles. The van der Waals surface area contributed by atoms with Crippen LogP contribution in [0.1, 0.15) is 52.9 Å². The highest BCUT2D eigenvalue weighted by Gasteiger charge is 2.07. The Morgan fingerprint density at radius 3 is 2.42 bits per heavy atom. The van der Waals surface area contributed by atoms with Crippen molar-refractivity contribution in [2.24, 2.45) is 5.92 Å². The average Bonchev–Trinajstić information content (AvgIpc) is 2.32. The highest BCUT2D eigenvalue weighted by Crippen LogP contribution is 2.08. The van der Waals surface area contributed by atoms with Gasteiger partial charge in [-0.15, -0.1) is 0 Å². The summed E-state index contributed by atoms with van der Waals surface area (Å²) < 4.78 is 0. The van der Waals surface area contributed by atoms with Gasteiger partial charge in [-0.2, -0.15) is 0 Å². The van der Waals surface area contributed by atoms with Crippen molar-refractivity contribution in [3.63, 3.8) is 0 Å². The normalized spacial score (nSPS) is 13.8. The number of hydrogen-bond acceptors (Lipinski definition) is 3. The highest BCUT2D eigenvalue weighted by atomic mass is 16.4. The van der Waals surface area contributed by atoms with Crippen LogP contribution in [0.5, 0.6) is 0 Å². The molecule has 3 N–H and O–H groups in total. The van der Waals surface area contributed by atoms with Crippen LogP contribution in [-0.4, -0.2) is 36.1 Å². The summed E-state index contributed by atoms with van der Waals surface area (Å²) in [5, 5.41) is 14.6. The number of aliphatic carboxylic acids is 1. The van der Waals surface area contributed by atoms with E-state index in [0.29, 0.717) is 18.9 Å². The van der Waals surface area contributed by atoms with Gasteiger partial charge in [0.1, 0.15) is 0 Å². The molecule has 0 aliphatic heterocycles. The maximum atomic E-state index is 11.5. The maximum Gasteiger partial charge on any atom is 0.303 e. The molecule has 0 radical (unpaired) electrons. The number of amides is 1. The minimum atomic E-state index is -0.746. The second-order valence-corrected chi connectivity index (χ2v) is 5.26. The number of nitrogens with one attached hydrogen (secondary N) is 2. The Balaban J connectivity index is 3.52. The summed E-state index contributed by atoms with van der Waals surface area (Å²) >= 11 is 0. The van der Waals surface area contributed by atoms with E-state index in [1.165, 1.54) is 0 Å². The average molecular weight is 272 g/mol. The molecule has 0 saturated heterocycles. The van der Waals surface area contributed by atoms with E-state index in [9.17, 15) is 9.59 Å². The monoisotopic (exact) mass is 272 g/mol. The molecule has 0 aliphatic carbocycles. The van der Waals surface area contributed by atoms with E-state index in [2.05, 4.69) is 17.6 Å². The second kappa shape index (κ2) is 10.8. The van der Waals surface area contributed by atoms with E-state index in [1.54, 1.807) is 0 Å². The quantitative estimate of drug-likeness (QED) is 0.501. The molecular weight excluding hydrogens is 244 g/mol. The summed E-state index contributed by atoms with van der Waals surface area (Å²) in [4.78, 5) is 21.9. The minimum absolute atomic E-state index is 0.0270. The molecule has 0 bridgehead atoms. The van der Waals surface area contributed by atoms with Gasteiger partial charge < -0.3 is 15.7 Å². The molecule has 0 rings (SSSR count). The summed E-state index contributed by atoms with van der Waals surface area (Å²) in [6.07, 6.45) is 3.87. The minimum Gasteiger partial charge on any atom is -0.481 e. The first-order valence-electron chi connectivity index (χ1n) is 7.17. The SMILES string of the molecule is CCCC(C)NC(=O)CNCCC(C)CCC(=O)O. The number of carboxylic acids is 1. The predicted octanol–water partition coefficient (Wildman–Crippen LogP) is 1.77. The van der Waals surface area contributed by atoms with Crippen LogP contribution < -0.4 is 10.6 Å². The molecule has 2 unspecified atom stereocenters. The molecule has 112 valence electrons. The lowest BCUT2D eigenvalue weighted by atomic mass is 10.0. The molecule has 0 aromatic rings. The van der Waals surface area contributed by atoms with Crippen LogP contribution in [0.3, 0.4) is 0 Å². The number of hydrogen-bond donors (Lipinski definition) is 3. The summed E-state index contributed by atoms with van der Waals surface area (Å²) in [6, 6.07) is 0.230. The second-order valence-electron chi connectivity index (χ2n) is 5.26. The lowest BCUT2D eigenvalue weighted by molar-refractivity contribution is -0.137. The molecule has 1 amide bonds. The zero-order valence-electron chi connectivity index (χ0n) is 12.4. The Hall–Kier alpha value is -1.10. The number of carbonyl (C=O) groups excluding carboxylic acids is 1. The molecular formula is C14H28N2O3. The van der Waals surface area contributed by atoms with Crippen LogP contribution in [0, 0.1) is 5.92 Å². The molecule has 0 aromatic carbocycles. The van der Waals surface area contributed by atoms with Gasteiger partial charge in [0.25, 0.3) is 0 Å². The van der Waals surface area contributed by atoms with Crippen molar-refractivity contribution in [1.82, 2.24) is 10.6 Å². The van der Waals surface area contributed by atoms with Gasteiger partial charge in [0, 0.05) is 12.5 Å². The zero-order chi connectivity index (χ0) is 14.7. The Labute approximate surface area is 116 Å². The topological polar surface area (TPSA) is 78.4 Å². The number of carbonyl (C=O) groups is 2. The molecule has 5 nitrogen and oxygen atoms in total. The fourth-order valence-corrected chi connectivity index (χ4v) is 1.90. The lowest BCUT2D eigenvalue weighted by Gasteiger charge is -2.14. The van der Waals surface area contributed by atoms with Gasteiger partial charge in [0.2, 0.25) is 5.91 Å². The predicted molar refractivity (Wildman–Crippen MR) is 76.0 cm³/mol. The maximum absolute atomic E-state index is 11.5. The fourth-order valence-electron chi connectivity index (χ4n) is 1.90. The van der Waals surface area contributed by atoms with Crippen LogP contribution in [0.2, 0.25) is 0 Å². The van der Waals surface area contributed by atoms with E-state index < -0.39 is 5.97 Å². The van der Waals surface area contributed by atoms with Crippen molar-refractivity contribution in [2.45, 2.75) is 58.9 Å². The summed E-state index contributed by atoms with van der Waals surface area (Å²) in [7, 11) is 0. The Bertz CT molecular complexity index is 269. The van der Waals surface area contributed by atoms with E-state index in [-0.39, 0.29) is 18.4 Å². The first-order valence-corrected chi connectivity index (χ1v) is 7.17. The first kappa shape index (κ1) is 17.9. The summed E-state index contributed by atoms with van der Waals surface area (Å²) in [5.41, 5.74) is 0. The first-order chi connectivity index (χ1) is 8.95. The molecule has 0 aliphatic rings. The summed E-state index contributed by atoms with van der Waals surface area (Å²) in [6.45, 7) is 7.22. The third-order valence-corrected chi connectivity index (χ3v) is 3.08. The van der Waals surface area contributed by atoms with E-state index in [1.807, 2.05) is 13.8 Å². The van der Waals surface area contributed by atoms with Crippen molar-refractivity contribution in [1.29, 1.82) is 0 Å². The van der Waals surface area contributed by atoms with Crippen LogP contribution in [0.4, 0.5) is 0 Å². The molecule has 0 aromatic heterocycles. The van der Waals surface area contributed by atoms with Gasteiger partial charge in [-0.1, -0.05) is 20.3 Å². The standard InChI is InChI=1S/C14H28N2O3/c1-4-5-12(3)16-13(17)10-15-9-8-11(2)6-7-14(18)19/h11-12,15H,4-10H2,1-3H3,(H,16,17)(H,18,19). The Morgan fingerprint density at radius 2 is 1.84 bits per heavy atom. The van der Waals surface area contributed by atoms with Gasteiger partial charge in [0.05, 0.1) is 6.54 Å². The van der Waals surface area contributed by atoms with Crippen molar-refractivity contribution in [3.8, 4) is 0 Å². The van der Waals surface area contributed by atoms with Crippen LogP contribution >= 0.6 is 0 Å². The van der Waals surface area contributed by atoms with Crippen LogP contribution in [0.25, 0.3) is 0 Å². The molecule has 0 fully saturated rings. The molecule has 19 heavy (non-hydrogen) atoms. The van der Waals surface area contributed by atoms with Gasteiger partial charge in [-0.25, -0.2) is 0 Å². The van der Waals surface area contributed by atoms with Crippen molar-refractivity contribution < 1.29 is 14.7 Å². The van der Waals surface area contributed by atoms with Gasteiger partial charge in [-0.05, 0) is 38.6 Å². The zero-order valence-corrected chi connectivity index (χ0v) is 12.4.